The van der Waals surface area contributed by atoms with Crippen LogP contribution in [0.1, 0.15) is 11.3 Å². The second kappa shape index (κ2) is 10.1. The van der Waals surface area contributed by atoms with Gasteiger partial charge in [0.15, 0.2) is 17.8 Å². The van der Waals surface area contributed by atoms with Gasteiger partial charge in [-0.15, -0.1) is 0 Å². The number of aliphatic hydroxyl groups excluding tert-OH is 1. The molecular weight excluding hydrogens is 445 g/mol. The average molecular weight is 471 g/mol. The van der Waals surface area contributed by atoms with E-state index in [0.29, 0.717) is 66.7 Å². The number of nitrogens with zero attached hydrogens (tertiary/aromatic N) is 2. The molecule has 0 amide bonds. The number of halogens is 1. The third-order valence-corrected chi connectivity index (χ3v) is 5.84. The highest BCUT2D eigenvalue weighted by Gasteiger charge is 2.29. The molecule has 2 aliphatic heterocycles. The fourth-order valence-corrected chi connectivity index (χ4v) is 4.04. The monoisotopic (exact) mass is 471 g/mol. The maximum atomic E-state index is 14.6. The molecule has 0 unspecified atom stereocenters. The van der Waals surface area contributed by atoms with E-state index in [1.54, 1.807) is 31.5 Å². The average Bonchev–Trinajstić information content (AvgIpc) is 2.89. The fraction of sp³-hybridized carbons (Fsp3) is 0.417. The summed E-state index contributed by atoms with van der Waals surface area (Å²) >= 11 is 0. The Bertz CT molecular complexity index is 1160. The summed E-state index contributed by atoms with van der Waals surface area (Å²) in [5.74, 6) is 1.42. The summed E-state index contributed by atoms with van der Waals surface area (Å²) in [6, 6.07) is 6.99. The number of hydrogen-bond acceptors (Lipinski definition) is 9. The molecule has 9 nitrogen and oxygen atoms in total. The molecule has 1 aromatic carbocycles. The molecule has 4 heterocycles. The molecule has 34 heavy (non-hydrogen) atoms. The number of pyridine rings is 2. The lowest BCUT2D eigenvalue weighted by Crippen LogP contribution is -2.48. The van der Waals surface area contributed by atoms with Crippen molar-refractivity contribution in [2.24, 2.45) is 0 Å². The standard InChI is InChI=1S/C24H26FN3O6/c1-30-16-2-3-20-18(7-16)17(19(25)10-28-20)8-21(29)24-33-12-15(13-34-24)26-9-14-6-22-23(11-27-14)32-5-4-31-22/h2-3,6-7,10-11,15,21,24,26,29H,4-5,8-9,12-13H2,1H3/t15?,21-,24?/m0/s1. The maximum absolute atomic E-state index is 14.6. The van der Waals surface area contributed by atoms with Crippen LogP contribution in [0, 0.1) is 5.82 Å². The van der Waals surface area contributed by atoms with E-state index in [-0.39, 0.29) is 12.5 Å². The highest BCUT2D eigenvalue weighted by atomic mass is 19.1. The van der Waals surface area contributed by atoms with Crippen LogP contribution in [-0.2, 0) is 22.4 Å². The Morgan fingerprint density at radius 3 is 2.71 bits per heavy atom. The molecule has 5 rings (SSSR count). The highest BCUT2D eigenvalue weighted by molar-refractivity contribution is 5.83. The van der Waals surface area contributed by atoms with Gasteiger partial charge in [-0.1, -0.05) is 0 Å². The van der Waals surface area contributed by atoms with Crippen molar-refractivity contribution in [2.75, 3.05) is 33.5 Å². The molecule has 0 aliphatic carbocycles. The van der Waals surface area contributed by atoms with E-state index in [0.717, 1.165) is 11.9 Å². The van der Waals surface area contributed by atoms with Gasteiger partial charge in [-0.25, -0.2) is 4.39 Å². The number of hydrogen-bond donors (Lipinski definition) is 2. The predicted molar refractivity (Wildman–Crippen MR) is 120 cm³/mol. The lowest BCUT2D eigenvalue weighted by atomic mass is 10.0. The van der Waals surface area contributed by atoms with E-state index in [1.165, 1.54) is 0 Å². The van der Waals surface area contributed by atoms with Crippen molar-refractivity contribution in [3.63, 3.8) is 0 Å². The van der Waals surface area contributed by atoms with E-state index < -0.39 is 18.2 Å². The smallest absolute Gasteiger partial charge is 0.183 e. The summed E-state index contributed by atoms with van der Waals surface area (Å²) in [7, 11) is 1.54. The minimum atomic E-state index is -1.05. The van der Waals surface area contributed by atoms with Gasteiger partial charge in [0.2, 0.25) is 0 Å². The lowest BCUT2D eigenvalue weighted by Gasteiger charge is -2.32. The van der Waals surface area contributed by atoms with Crippen molar-refractivity contribution in [3.8, 4) is 17.2 Å². The number of benzene rings is 1. The van der Waals surface area contributed by atoms with Crippen LogP contribution in [0.2, 0.25) is 0 Å². The molecule has 0 spiro atoms. The summed E-state index contributed by atoms with van der Waals surface area (Å²) in [5.41, 5.74) is 1.77. The number of aliphatic hydroxyl groups is 1. The van der Waals surface area contributed by atoms with Crippen molar-refractivity contribution >= 4 is 10.9 Å². The molecule has 1 saturated heterocycles. The Morgan fingerprint density at radius 2 is 1.91 bits per heavy atom. The molecule has 0 radical (unpaired) electrons. The van der Waals surface area contributed by atoms with Gasteiger partial charge in [-0.3, -0.25) is 9.97 Å². The normalized spacial score (nSPS) is 20.8. The molecule has 2 aromatic heterocycles. The van der Waals surface area contributed by atoms with Crippen LogP contribution in [0.15, 0.2) is 36.7 Å². The van der Waals surface area contributed by atoms with E-state index in [1.807, 2.05) is 6.07 Å². The van der Waals surface area contributed by atoms with Crippen LogP contribution in [-0.4, -0.2) is 67.0 Å². The second-order valence-corrected chi connectivity index (χ2v) is 8.17. The predicted octanol–water partition coefficient (Wildman–Crippen LogP) is 1.98. The van der Waals surface area contributed by atoms with Crippen LogP contribution < -0.4 is 19.5 Å². The molecule has 2 N–H and O–H groups in total. The van der Waals surface area contributed by atoms with Crippen molar-refractivity contribution in [3.05, 3.63) is 53.7 Å². The topological polar surface area (TPSA) is 104 Å². The van der Waals surface area contributed by atoms with Gasteiger partial charge in [-0.2, -0.15) is 0 Å². The molecule has 2 aliphatic rings. The van der Waals surface area contributed by atoms with Gasteiger partial charge in [0.25, 0.3) is 0 Å². The van der Waals surface area contributed by atoms with Gasteiger partial charge in [0.05, 0.1) is 50.0 Å². The zero-order valence-electron chi connectivity index (χ0n) is 18.7. The fourth-order valence-electron chi connectivity index (χ4n) is 4.04. The first kappa shape index (κ1) is 22.7. The third-order valence-electron chi connectivity index (χ3n) is 5.84. The third kappa shape index (κ3) is 4.90. The zero-order chi connectivity index (χ0) is 23.5. The second-order valence-electron chi connectivity index (χ2n) is 8.17. The largest absolute Gasteiger partial charge is 0.497 e. The maximum Gasteiger partial charge on any atom is 0.183 e. The SMILES string of the molecule is COc1ccc2ncc(F)c(C[C@H](O)C3OCC(NCc4cc5c(cn4)OCCO5)CO3)c2c1. The number of nitrogens with one attached hydrogen (secondary N) is 1. The Morgan fingerprint density at radius 1 is 1.12 bits per heavy atom. The summed E-state index contributed by atoms with van der Waals surface area (Å²) in [6.07, 6.45) is 0.918. The number of fused-ring (bicyclic) bond motifs is 2. The number of methoxy groups -OCH3 is 1. The van der Waals surface area contributed by atoms with Crippen LogP contribution in [0.25, 0.3) is 10.9 Å². The quantitative estimate of drug-likeness (QED) is 0.535. The summed E-state index contributed by atoms with van der Waals surface area (Å²) in [5, 5.41) is 14.6. The first-order valence-electron chi connectivity index (χ1n) is 11.1. The zero-order valence-corrected chi connectivity index (χ0v) is 18.7. The minimum Gasteiger partial charge on any atom is -0.497 e. The van der Waals surface area contributed by atoms with Crippen molar-refractivity contribution in [2.45, 2.75) is 31.4 Å². The Balaban J connectivity index is 1.16. The van der Waals surface area contributed by atoms with Gasteiger partial charge in [-0.05, 0) is 18.2 Å². The van der Waals surface area contributed by atoms with Gasteiger partial charge < -0.3 is 34.1 Å². The van der Waals surface area contributed by atoms with Gasteiger partial charge in [0.1, 0.15) is 30.9 Å². The Kier molecular flexibility index (Phi) is 6.73. The molecule has 3 aromatic rings. The molecule has 1 atom stereocenters. The van der Waals surface area contributed by atoms with E-state index in [4.69, 9.17) is 23.7 Å². The van der Waals surface area contributed by atoms with Crippen LogP contribution in [0.4, 0.5) is 4.39 Å². The summed E-state index contributed by atoms with van der Waals surface area (Å²) in [4.78, 5) is 8.49. The molecular formula is C24H26FN3O6. The van der Waals surface area contributed by atoms with Crippen molar-refractivity contribution in [1.29, 1.82) is 0 Å². The number of ether oxygens (including phenoxy) is 5. The van der Waals surface area contributed by atoms with Crippen LogP contribution >= 0.6 is 0 Å². The summed E-state index contributed by atoms with van der Waals surface area (Å²) < 4.78 is 42.4. The highest BCUT2D eigenvalue weighted by Crippen LogP contribution is 2.29. The lowest BCUT2D eigenvalue weighted by molar-refractivity contribution is -0.230. The minimum absolute atomic E-state index is 0.0158. The van der Waals surface area contributed by atoms with Gasteiger partial charge >= 0.3 is 0 Å². The molecule has 10 heteroatoms. The molecule has 180 valence electrons. The van der Waals surface area contributed by atoms with E-state index in [9.17, 15) is 9.50 Å². The van der Waals surface area contributed by atoms with Crippen LogP contribution in [0.5, 0.6) is 17.2 Å². The van der Waals surface area contributed by atoms with E-state index in [2.05, 4.69) is 15.3 Å². The van der Waals surface area contributed by atoms with Crippen molar-refractivity contribution < 1.29 is 33.2 Å². The van der Waals surface area contributed by atoms with Gasteiger partial charge in [0, 0.05) is 30.0 Å². The Labute approximate surface area is 195 Å². The number of rotatable bonds is 7. The van der Waals surface area contributed by atoms with Crippen molar-refractivity contribution in [1.82, 2.24) is 15.3 Å². The Hall–Kier alpha value is -3.05. The van der Waals surface area contributed by atoms with Crippen LogP contribution in [0.3, 0.4) is 0 Å². The summed E-state index contributed by atoms with van der Waals surface area (Å²) in [6.45, 7) is 2.20. The molecule has 0 saturated carbocycles. The van der Waals surface area contributed by atoms with E-state index >= 15 is 0 Å². The first-order chi connectivity index (χ1) is 16.6. The molecule has 0 bridgehead atoms. The number of aromatic nitrogens is 2. The molecule has 1 fully saturated rings. The first-order valence-corrected chi connectivity index (χ1v) is 11.1.